The van der Waals surface area contributed by atoms with E-state index in [1.165, 1.54) is 6.42 Å². The summed E-state index contributed by atoms with van der Waals surface area (Å²) in [7, 11) is 0. The first-order chi connectivity index (χ1) is 10.2. The van der Waals surface area contributed by atoms with Gasteiger partial charge in [-0.25, -0.2) is 0 Å². The molecular formula is C15H17ClN2O2S. The van der Waals surface area contributed by atoms with E-state index in [-0.39, 0.29) is 12.0 Å². The average Bonchev–Trinajstić information content (AvgIpc) is 2.50. The number of nitrogens with zero attached hydrogens (tertiary/aromatic N) is 1. The third-order valence-electron chi connectivity index (χ3n) is 3.19. The summed E-state index contributed by atoms with van der Waals surface area (Å²) in [4.78, 5) is 11.9. The fourth-order valence-electron chi connectivity index (χ4n) is 2.13. The van der Waals surface area contributed by atoms with E-state index in [9.17, 15) is 4.79 Å². The van der Waals surface area contributed by atoms with Crippen LogP contribution in [-0.2, 0) is 9.53 Å². The molecule has 0 saturated carbocycles. The van der Waals surface area contributed by atoms with Crippen molar-refractivity contribution in [1.29, 1.82) is 5.26 Å². The third-order valence-corrected chi connectivity index (χ3v) is 4.50. The Morgan fingerprint density at radius 1 is 1.52 bits per heavy atom. The van der Waals surface area contributed by atoms with Crippen molar-refractivity contribution >= 4 is 35.0 Å². The molecule has 112 valence electrons. The van der Waals surface area contributed by atoms with Crippen LogP contribution in [0.1, 0.15) is 24.8 Å². The first-order valence-corrected chi connectivity index (χ1v) is 8.41. The van der Waals surface area contributed by atoms with Crippen LogP contribution in [0.4, 0.5) is 5.69 Å². The van der Waals surface area contributed by atoms with Crippen molar-refractivity contribution in [2.24, 2.45) is 0 Å². The zero-order valence-corrected chi connectivity index (χ0v) is 13.2. The van der Waals surface area contributed by atoms with E-state index in [0.717, 1.165) is 25.2 Å². The Labute approximate surface area is 133 Å². The summed E-state index contributed by atoms with van der Waals surface area (Å²) in [5.74, 6) is 1.07. The standard InChI is InChI=1S/C15H17ClN2O2S/c16-12-4-5-14(11(7-12)8-17)18-15(19)10-21-9-13-3-1-2-6-20-13/h4-5,7,13H,1-3,6,9-10H2,(H,18,19). The number of carbonyl (C=O) groups is 1. The van der Waals surface area contributed by atoms with Crippen molar-refractivity contribution in [3.8, 4) is 6.07 Å². The summed E-state index contributed by atoms with van der Waals surface area (Å²) in [6.45, 7) is 0.827. The number of thioether (sulfide) groups is 1. The van der Waals surface area contributed by atoms with Gasteiger partial charge in [0.15, 0.2) is 0 Å². The topological polar surface area (TPSA) is 62.1 Å². The molecular weight excluding hydrogens is 308 g/mol. The van der Waals surface area contributed by atoms with Crippen molar-refractivity contribution in [1.82, 2.24) is 0 Å². The Kier molecular flexibility index (Phi) is 6.37. The zero-order chi connectivity index (χ0) is 15.1. The summed E-state index contributed by atoms with van der Waals surface area (Å²) in [6, 6.07) is 6.87. The van der Waals surface area contributed by atoms with Crippen molar-refractivity contribution in [2.75, 3.05) is 23.4 Å². The van der Waals surface area contributed by atoms with Gasteiger partial charge in [-0.1, -0.05) is 11.6 Å². The first-order valence-electron chi connectivity index (χ1n) is 6.88. The van der Waals surface area contributed by atoms with Crippen LogP contribution in [0.25, 0.3) is 0 Å². The Hall–Kier alpha value is -1.22. The lowest BCUT2D eigenvalue weighted by Gasteiger charge is -2.21. The highest BCUT2D eigenvalue weighted by molar-refractivity contribution is 8.00. The van der Waals surface area contributed by atoms with Gasteiger partial charge in [0.25, 0.3) is 0 Å². The summed E-state index contributed by atoms with van der Waals surface area (Å²) < 4.78 is 5.62. The maximum atomic E-state index is 11.9. The monoisotopic (exact) mass is 324 g/mol. The van der Waals surface area contributed by atoms with Crippen LogP contribution in [0.5, 0.6) is 0 Å². The molecule has 1 fully saturated rings. The average molecular weight is 325 g/mol. The Morgan fingerprint density at radius 3 is 3.10 bits per heavy atom. The predicted molar refractivity (Wildman–Crippen MR) is 85.7 cm³/mol. The van der Waals surface area contributed by atoms with Gasteiger partial charge < -0.3 is 10.1 Å². The minimum absolute atomic E-state index is 0.116. The molecule has 1 aliphatic heterocycles. The largest absolute Gasteiger partial charge is 0.377 e. The van der Waals surface area contributed by atoms with E-state index in [0.29, 0.717) is 22.0 Å². The van der Waals surface area contributed by atoms with Crippen LogP contribution in [0, 0.1) is 11.3 Å². The molecule has 1 aliphatic rings. The van der Waals surface area contributed by atoms with Gasteiger partial charge in [-0.05, 0) is 37.5 Å². The highest BCUT2D eigenvalue weighted by atomic mass is 35.5. The van der Waals surface area contributed by atoms with Crippen molar-refractivity contribution < 1.29 is 9.53 Å². The smallest absolute Gasteiger partial charge is 0.234 e. The number of hydrogen-bond donors (Lipinski definition) is 1. The van der Waals surface area contributed by atoms with Crippen LogP contribution in [-0.4, -0.2) is 30.1 Å². The number of benzene rings is 1. The molecule has 1 amide bonds. The van der Waals surface area contributed by atoms with Gasteiger partial charge in [0, 0.05) is 17.4 Å². The number of rotatable bonds is 5. The van der Waals surface area contributed by atoms with E-state index in [4.69, 9.17) is 21.6 Å². The molecule has 0 aliphatic carbocycles. The van der Waals surface area contributed by atoms with Crippen molar-refractivity contribution in [2.45, 2.75) is 25.4 Å². The van der Waals surface area contributed by atoms with Gasteiger partial charge in [0.1, 0.15) is 6.07 Å². The number of ether oxygens (including phenoxy) is 1. The highest BCUT2D eigenvalue weighted by Gasteiger charge is 2.14. The zero-order valence-electron chi connectivity index (χ0n) is 11.6. The third kappa shape index (κ3) is 5.24. The lowest BCUT2D eigenvalue weighted by molar-refractivity contribution is -0.113. The van der Waals surface area contributed by atoms with E-state index in [1.807, 2.05) is 6.07 Å². The predicted octanol–water partition coefficient (Wildman–Crippen LogP) is 3.45. The van der Waals surface area contributed by atoms with Gasteiger partial charge in [-0.3, -0.25) is 4.79 Å². The molecule has 1 unspecified atom stereocenters. The molecule has 1 atom stereocenters. The minimum atomic E-state index is -0.116. The second-order valence-corrected chi connectivity index (χ2v) is 6.32. The van der Waals surface area contributed by atoms with Crippen LogP contribution in [0.2, 0.25) is 5.02 Å². The molecule has 6 heteroatoms. The quantitative estimate of drug-likeness (QED) is 0.901. The summed E-state index contributed by atoms with van der Waals surface area (Å²) in [5.41, 5.74) is 0.873. The number of nitriles is 1. The van der Waals surface area contributed by atoms with E-state index < -0.39 is 0 Å². The lowest BCUT2D eigenvalue weighted by atomic mass is 10.1. The second kappa shape index (κ2) is 8.28. The van der Waals surface area contributed by atoms with Crippen LogP contribution < -0.4 is 5.32 Å². The van der Waals surface area contributed by atoms with E-state index in [2.05, 4.69) is 5.32 Å². The van der Waals surface area contributed by atoms with Crippen LogP contribution >= 0.6 is 23.4 Å². The fraction of sp³-hybridized carbons (Fsp3) is 0.467. The second-order valence-electron chi connectivity index (χ2n) is 4.85. The Morgan fingerprint density at radius 2 is 2.38 bits per heavy atom. The van der Waals surface area contributed by atoms with Gasteiger partial charge in [0.05, 0.1) is 23.1 Å². The number of carbonyl (C=O) groups excluding carboxylic acids is 1. The Balaban J connectivity index is 1.78. The van der Waals surface area contributed by atoms with Crippen molar-refractivity contribution in [3.05, 3.63) is 28.8 Å². The maximum absolute atomic E-state index is 11.9. The molecule has 0 bridgehead atoms. The van der Waals surface area contributed by atoms with Crippen LogP contribution in [0.15, 0.2) is 18.2 Å². The fourth-order valence-corrected chi connectivity index (χ4v) is 3.20. The molecule has 0 aromatic heterocycles. The highest BCUT2D eigenvalue weighted by Crippen LogP contribution is 2.21. The normalized spacial score (nSPS) is 18.0. The van der Waals surface area contributed by atoms with Gasteiger partial charge in [0.2, 0.25) is 5.91 Å². The molecule has 21 heavy (non-hydrogen) atoms. The van der Waals surface area contributed by atoms with Gasteiger partial charge in [-0.15, -0.1) is 11.8 Å². The van der Waals surface area contributed by atoms with Gasteiger partial charge in [-0.2, -0.15) is 5.26 Å². The Bertz CT molecular complexity index is 539. The van der Waals surface area contributed by atoms with E-state index in [1.54, 1.807) is 30.0 Å². The van der Waals surface area contributed by atoms with E-state index >= 15 is 0 Å². The molecule has 1 heterocycles. The lowest BCUT2D eigenvalue weighted by Crippen LogP contribution is -2.23. The molecule has 1 N–H and O–H groups in total. The molecule has 1 saturated heterocycles. The number of anilines is 1. The molecule has 0 spiro atoms. The molecule has 1 aromatic rings. The summed E-state index contributed by atoms with van der Waals surface area (Å²) >= 11 is 7.38. The molecule has 1 aromatic carbocycles. The van der Waals surface area contributed by atoms with Crippen LogP contribution in [0.3, 0.4) is 0 Å². The molecule has 2 rings (SSSR count). The van der Waals surface area contributed by atoms with Crippen molar-refractivity contribution in [3.63, 3.8) is 0 Å². The number of hydrogen-bond acceptors (Lipinski definition) is 4. The number of halogens is 1. The minimum Gasteiger partial charge on any atom is -0.377 e. The first kappa shape index (κ1) is 16.2. The molecule has 0 radical (unpaired) electrons. The summed E-state index contributed by atoms with van der Waals surface area (Å²) in [6.07, 6.45) is 3.68. The number of amides is 1. The molecule has 4 nitrogen and oxygen atoms in total. The SMILES string of the molecule is N#Cc1cc(Cl)ccc1NC(=O)CSCC1CCCCO1. The summed E-state index contributed by atoms with van der Waals surface area (Å²) in [5, 5.41) is 12.2. The van der Waals surface area contributed by atoms with Gasteiger partial charge >= 0.3 is 0 Å². The number of nitrogens with one attached hydrogen (secondary N) is 1. The maximum Gasteiger partial charge on any atom is 0.234 e.